The van der Waals surface area contributed by atoms with Gasteiger partial charge in [0.15, 0.2) is 23.1 Å². The third-order valence-corrected chi connectivity index (χ3v) is 3.57. The van der Waals surface area contributed by atoms with Crippen LogP contribution in [0.25, 0.3) is 11.0 Å². The fourth-order valence-corrected chi connectivity index (χ4v) is 2.52. The van der Waals surface area contributed by atoms with Crippen molar-refractivity contribution in [1.29, 1.82) is 0 Å². The average molecular weight is 298 g/mol. The standard InChI is InChI=1S/C14H11FN6O/c15-8-4-7-12(16)20-21-13(7)19-14(8)18-10-3-1-2-9-6(10)5-11(22)17-9/h1-4H,5H2,(H,17,22)(H4,16,18,19,20,21). The number of H-pyrrole nitrogens is 1. The van der Waals surface area contributed by atoms with Crippen molar-refractivity contribution in [1.82, 2.24) is 15.2 Å². The Bertz CT molecular complexity index is 919. The molecule has 0 aliphatic carbocycles. The summed E-state index contributed by atoms with van der Waals surface area (Å²) in [7, 11) is 0. The number of nitrogens with two attached hydrogens (primary N) is 1. The number of rotatable bonds is 2. The largest absolute Gasteiger partial charge is 0.382 e. The van der Waals surface area contributed by atoms with E-state index in [9.17, 15) is 9.18 Å². The van der Waals surface area contributed by atoms with Gasteiger partial charge in [-0.1, -0.05) is 6.07 Å². The van der Waals surface area contributed by atoms with E-state index in [1.54, 1.807) is 18.2 Å². The highest BCUT2D eigenvalue weighted by Gasteiger charge is 2.21. The quantitative estimate of drug-likeness (QED) is 0.578. The number of halogens is 1. The molecule has 22 heavy (non-hydrogen) atoms. The van der Waals surface area contributed by atoms with E-state index in [0.29, 0.717) is 16.7 Å². The van der Waals surface area contributed by atoms with Gasteiger partial charge in [0, 0.05) is 16.9 Å². The number of fused-ring (bicyclic) bond motifs is 2. The zero-order chi connectivity index (χ0) is 15.3. The minimum atomic E-state index is -0.546. The Morgan fingerprint density at radius 1 is 1.36 bits per heavy atom. The molecule has 0 saturated carbocycles. The molecule has 0 saturated heterocycles. The van der Waals surface area contributed by atoms with Crippen LogP contribution in [0.5, 0.6) is 0 Å². The zero-order valence-corrected chi connectivity index (χ0v) is 11.3. The Balaban J connectivity index is 1.77. The highest BCUT2D eigenvalue weighted by atomic mass is 19.1. The van der Waals surface area contributed by atoms with Crippen LogP contribution in [0.1, 0.15) is 5.56 Å². The number of carbonyl (C=O) groups excluding carboxylic acids is 1. The summed E-state index contributed by atoms with van der Waals surface area (Å²) in [4.78, 5) is 15.6. The predicted octanol–water partition coefficient (Wildman–Crippen LogP) is 1.92. The van der Waals surface area contributed by atoms with Crippen LogP contribution in [0, 0.1) is 5.82 Å². The van der Waals surface area contributed by atoms with E-state index >= 15 is 0 Å². The maximum Gasteiger partial charge on any atom is 0.228 e. The monoisotopic (exact) mass is 298 g/mol. The Kier molecular flexibility index (Phi) is 2.52. The van der Waals surface area contributed by atoms with Gasteiger partial charge in [0.2, 0.25) is 5.91 Å². The molecule has 2 aromatic heterocycles. The fourth-order valence-electron chi connectivity index (χ4n) is 2.52. The number of benzene rings is 1. The van der Waals surface area contributed by atoms with Gasteiger partial charge in [-0.05, 0) is 18.2 Å². The number of hydrogen-bond donors (Lipinski definition) is 4. The number of nitrogen functional groups attached to an aromatic ring is 1. The molecule has 5 N–H and O–H groups in total. The third-order valence-electron chi connectivity index (χ3n) is 3.57. The lowest BCUT2D eigenvalue weighted by atomic mass is 10.1. The molecule has 110 valence electrons. The maximum absolute atomic E-state index is 14.2. The number of carbonyl (C=O) groups is 1. The van der Waals surface area contributed by atoms with E-state index in [-0.39, 0.29) is 24.0 Å². The van der Waals surface area contributed by atoms with Crippen molar-refractivity contribution in [2.75, 3.05) is 16.4 Å². The Morgan fingerprint density at radius 2 is 2.23 bits per heavy atom. The first kappa shape index (κ1) is 12.6. The van der Waals surface area contributed by atoms with Crippen LogP contribution in [0.3, 0.4) is 0 Å². The van der Waals surface area contributed by atoms with E-state index in [4.69, 9.17) is 5.73 Å². The van der Waals surface area contributed by atoms with E-state index in [2.05, 4.69) is 25.8 Å². The molecule has 4 rings (SSSR count). The molecule has 0 radical (unpaired) electrons. The summed E-state index contributed by atoms with van der Waals surface area (Å²) in [6.45, 7) is 0. The molecule has 0 fully saturated rings. The normalized spacial score (nSPS) is 13.2. The molecule has 1 aromatic carbocycles. The zero-order valence-electron chi connectivity index (χ0n) is 11.3. The topological polar surface area (TPSA) is 109 Å². The number of nitrogens with one attached hydrogen (secondary N) is 3. The molecule has 1 aliphatic rings. The van der Waals surface area contributed by atoms with E-state index in [1.807, 2.05) is 0 Å². The van der Waals surface area contributed by atoms with Gasteiger partial charge >= 0.3 is 0 Å². The summed E-state index contributed by atoms with van der Waals surface area (Å²) in [5.41, 5.74) is 8.16. The molecule has 0 unspecified atom stereocenters. The van der Waals surface area contributed by atoms with Crippen molar-refractivity contribution in [3.05, 3.63) is 35.6 Å². The maximum atomic E-state index is 14.2. The van der Waals surface area contributed by atoms with Crippen LogP contribution < -0.4 is 16.4 Å². The summed E-state index contributed by atoms with van der Waals surface area (Å²) in [6, 6.07) is 6.62. The van der Waals surface area contributed by atoms with Crippen LogP contribution >= 0.6 is 0 Å². The highest BCUT2D eigenvalue weighted by Crippen LogP contribution is 2.32. The van der Waals surface area contributed by atoms with Crippen LogP contribution in [0.2, 0.25) is 0 Å². The molecule has 0 atom stereocenters. The summed E-state index contributed by atoms with van der Waals surface area (Å²) in [5.74, 6) is -0.391. The minimum Gasteiger partial charge on any atom is -0.382 e. The summed E-state index contributed by atoms with van der Waals surface area (Å²) in [5, 5.41) is 12.5. The van der Waals surface area contributed by atoms with E-state index < -0.39 is 5.82 Å². The van der Waals surface area contributed by atoms with E-state index in [0.717, 1.165) is 11.3 Å². The lowest BCUT2D eigenvalue weighted by Gasteiger charge is -2.10. The molecule has 1 aliphatic heterocycles. The van der Waals surface area contributed by atoms with Gasteiger partial charge in [-0.3, -0.25) is 9.89 Å². The number of amides is 1. The van der Waals surface area contributed by atoms with Crippen molar-refractivity contribution >= 4 is 40.0 Å². The molecule has 7 nitrogen and oxygen atoms in total. The fraction of sp³-hybridized carbons (Fsp3) is 0.0714. The number of aromatic amines is 1. The van der Waals surface area contributed by atoms with Crippen LogP contribution in [0.15, 0.2) is 24.3 Å². The number of aromatic nitrogens is 3. The Morgan fingerprint density at radius 3 is 3.09 bits per heavy atom. The second-order valence-corrected chi connectivity index (χ2v) is 5.01. The van der Waals surface area contributed by atoms with Gasteiger partial charge in [0.05, 0.1) is 11.8 Å². The molecular formula is C14H11FN6O. The lowest BCUT2D eigenvalue weighted by molar-refractivity contribution is -0.115. The van der Waals surface area contributed by atoms with Gasteiger partial charge in [0.1, 0.15) is 0 Å². The smallest absolute Gasteiger partial charge is 0.228 e. The van der Waals surface area contributed by atoms with Gasteiger partial charge in [0.25, 0.3) is 0 Å². The van der Waals surface area contributed by atoms with Crippen molar-refractivity contribution in [2.45, 2.75) is 6.42 Å². The van der Waals surface area contributed by atoms with E-state index in [1.165, 1.54) is 6.07 Å². The molecule has 3 aromatic rings. The molecule has 8 heteroatoms. The second kappa shape index (κ2) is 4.42. The number of nitrogens with zero attached hydrogens (tertiary/aromatic N) is 2. The predicted molar refractivity (Wildman–Crippen MR) is 80.3 cm³/mol. The molecule has 0 bridgehead atoms. The van der Waals surface area contributed by atoms with Crippen LogP contribution in [-0.4, -0.2) is 21.1 Å². The first-order chi connectivity index (χ1) is 10.6. The van der Waals surface area contributed by atoms with Gasteiger partial charge in [-0.2, -0.15) is 5.10 Å². The van der Waals surface area contributed by atoms with Gasteiger partial charge in [-0.15, -0.1) is 0 Å². The van der Waals surface area contributed by atoms with Crippen molar-refractivity contribution < 1.29 is 9.18 Å². The second-order valence-electron chi connectivity index (χ2n) is 5.01. The van der Waals surface area contributed by atoms with Crippen LogP contribution in [0.4, 0.5) is 27.4 Å². The van der Waals surface area contributed by atoms with Gasteiger partial charge < -0.3 is 16.4 Å². The van der Waals surface area contributed by atoms with Crippen molar-refractivity contribution in [3.63, 3.8) is 0 Å². The number of anilines is 4. The Hall–Kier alpha value is -3.16. The van der Waals surface area contributed by atoms with Crippen molar-refractivity contribution in [3.8, 4) is 0 Å². The summed E-state index contributed by atoms with van der Waals surface area (Å²) in [6.07, 6.45) is 0.249. The number of pyridine rings is 1. The summed E-state index contributed by atoms with van der Waals surface area (Å²) < 4.78 is 14.2. The molecule has 1 amide bonds. The molecule has 0 spiro atoms. The highest BCUT2D eigenvalue weighted by molar-refractivity contribution is 6.01. The summed E-state index contributed by atoms with van der Waals surface area (Å²) >= 11 is 0. The minimum absolute atomic E-state index is 0.0453. The number of hydrogen-bond acceptors (Lipinski definition) is 5. The average Bonchev–Trinajstić information content (AvgIpc) is 3.03. The molecule has 3 heterocycles. The SMILES string of the molecule is Nc1n[nH]c2nc(Nc3cccc4c3CC(=O)N4)c(F)cc12. The third kappa shape index (κ3) is 1.85. The lowest BCUT2D eigenvalue weighted by Crippen LogP contribution is -2.04. The Labute approximate surface area is 123 Å². The molecular weight excluding hydrogens is 287 g/mol. The van der Waals surface area contributed by atoms with Gasteiger partial charge in [-0.25, -0.2) is 9.37 Å². The first-order valence-corrected chi connectivity index (χ1v) is 6.60. The first-order valence-electron chi connectivity index (χ1n) is 6.60. The van der Waals surface area contributed by atoms with Crippen LogP contribution in [-0.2, 0) is 11.2 Å². The van der Waals surface area contributed by atoms with Crippen molar-refractivity contribution in [2.24, 2.45) is 0 Å².